The number of sulfonamides is 1. The maximum atomic E-state index is 12.6. The van der Waals surface area contributed by atoms with Crippen molar-refractivity contribution < 1.29 is 18.0 Å². The summed E-state index contributed by atoms with van der Waals surface area (Å²) in [4.78, 5) is 30.5. The van der Waals surface area contributed by atoms with Crippen molar-refractivity contribution in [1.82, 2.24) is 9.29 Å². The highest BCUT2D eigenvalue weighted by molar-refractivity contribution is 7.89. The minimum absolute atomic E-state index is 0.103. The lowest BCUT2D eigenvalue weighted by molar-refractivity contribution is -0.122. The van der Waals surface area contributed by atoms with E-state index in [0.717, 1.165) is 0 Å². The molecule has 0 radical (unpaired) electrons. The Labute approximate surface area is 170 Å². The minimum Gasteiger partial charge on any atom is -0.324 e. The summed E-state index contributed by atoms with van der Waals surface area (Å²) >= 11 is 0. The molecule has 2 heterocycles. The molecule has 1 aromatic carbocycles. The maximum absolute atomic E-state index is 12.6. The van der Waals surface area contributed by atoms with Crippen molar-refractivity contribution >= 4 is 33.2 Å². The predicted octanol–water partition coefficient (Wildman–Crippen LogP) is 2.10. The molecule has 1 atom stereocenters. The summed E-state index contributed by atoms with van der Waals surface area (Å²) < 4.78 is 26.6. The van der Waals surface area contributed by atoms with Crippen molar-refractivity contribution in [3.8, 4) is 0 Å². The van der Waals surface area contributed by atoms with Gasteiger partial charge in [0.05, 0.1) is 22.7 Å². The lowest BCUT2D eigenvalue weighted by Crippen LogP contribution is -2.31. The number of amides is 2. The molecule has 0 saturated carbocycles. The first-order valence-electron chi connectivity index (χ1n) is 9.48. The molecule has 0 aliphatic carbocycles. The number of benzene rings is 1. The zero-order valence-electron chi connectivity index (χ0n) is 16.4. The van der Waals surface area contributed by atoms with Gasteiger partial charge in [0.1, 0.15) is 0 Å². The van der Waals surface area contributed by atoms with Gasteiger partial charge in [-0.25, -0.2) is 8.42 Å². The van der Waals surface area contributed by atoms with E-state index < -0.39 is 15.9 Å². The van der Waals surface area contributed by atoms with E-state index in [0.29, 0.717) is 24.5 Å². The lowest BCUT2D eigenvalue weighted by Gasteiger charge is -2.20. The second-order valence-electron chi connectivity index (χ2n) is 6.72. The molecule has 2 aromatic rings. The van der Waals surface area contributed by atoms with E-state index in [-0.39, 0.29) is 29.7 Å². The van der Waals surface area contributed by atoms with Gasteiger partial charge >= 0.3 is 0 Å². The second-order valence-corrected chi connectivity index (χ2v) is 8.66. The molecule has 1 aliphatic heterocycles. The smallest absolute Gasteiger partial charge is 0.243 e. The summed E-state index contributed by atoms with van der Waals surface area (Å²) in [5.74, 6) is -0.896. The molecule has 1 fully saturated rings. The monoisotopic (exact) mass is 416 g/mol. The van der Waals surface area contributed by atoms with Crippen LogP contribution in [0.3, 0.4) is 0 Å². The Balaban J connectivity index is 1.71. The van der Waals surface area contributed by atoms with Crippen molar-refractivity contribution in [1.29, 1.82) is 0 Å². The lowest BCUT2D eigenvalue weighted by atomic mass is 10.1. The molecule has 2 amide bonds. The summed E-state index contributed by atoms with van der Waals surface area (Å²) in [5, 5.41) is 2.77. The van der Waals surface area contributed by atoms with E-state index >= 15 is 0 Å². The average molecular weight is 417 g/mol. The molecule has 29 heavy (non-hydrogen) atoms. The van der Waals surface area contributed by atoms with Crippen molar-refractivity contribution in [2.75, 3.05) is 29.9 Å². The third kappa shape index (κ3) is 4.46. The highest BCUT2D eigenvalue weighted by atomic mass is 32.2. The van der Waals surface area contributed by atoms with Gasteiger partial charge in [-0.05, 0) is 36.4 Å². The number of carbonyl (C=O) groups is 2. The van der Waals surface area contributed by atoms with Crippen LogP contribution in [-0.4, -0.2) is 49.2 Å². The van der Waals surface area contributed by atoms with Crippen LogP contribution < -0.4 is 10.2 Å². The Kier molecular flexibility index (Phi) is 6.29. The summed E-state index contributed by atoms with van der Waals surface area (Å²) in [6.07, 6.45) is 3.26. The normalized spacial score (nSPS) is 17.0. The number of anilines is 2. The van der Waals surface area contributed by atoms with Gasteiger partial charge in [-0.1, -0.05) is 13.8 Å². The Morgan fingerprint density at radius 1 is 1.21 bits per heavy atom. The van der Waals surface area contributed by atoms with Gasteiger partial charge in [-0.3, -0.25) is 14.6 Å². The first-order chi connectivity index (χ1) is 13.9. The van der Waals surface area contributed by atoms with E-state index in [1.165, 1.54) is 21.3 Å². The number of rotatable bonds is 7. The molecule has 0 bridgehead atoms. The van der Waals surface area contributed by atoms with Crippen molar-refractivity contribution in [3.63, 3.8) is 0 Å². The Bertz CT molecular complexity index is 973. The van der Waals surface area contributed by atoms with Gasteiger partial charge in [-0.2, -0.15) is 4.31 Å². The minimum atomic E-state index is -3.55. The van der Waals surface area contributed by atoms with Crippen molar-refractivity contribution in [2.24, 2.45) is 5.92 Å². The van der Waals surface area contributed by atoms with Crippen LogP contribution in [0.15, 0.2) is 53.7 Å². The third-order valence-corrected chi connectivity index (χ3v) is 6.98. The fraction of sp³-hybridized carbons (Fsp3) is 0.350. The van der Waals surface area contributed by atoms with E-state index in [2.05, 4.69) is 10.3 Å². The van der Waals surface area contributed by atoms with Crippen LogP contribution in [0.1, 0.15) is 20.3 Å². The van der Waals surface area contributed by atoms with E-state index in [4.69, 9.17) is 0 Å². The molecule has 8 nitrogen and oxygen atoms in total. The van der Waals surface area contributed by atoms with Gasteiger partial charge in [0, 0.05) is 37.9 Å². The molecule has 9 heteroatoms. The number of nitrogens with one attached hydrogen (secondary N) is 1. The van der Waals surface area contributed by atoms with Crippen LogP contribution in [0.25, 0.3) is 0 Å². The van der Waals surface area contributed by atoms with Gasteiger partial charge in [0.25, 0.3) is 0 Å². The summed E-state index contributed by atoms with van der Waals surface area (Å²) in [5.41, 5.74) is 1.15. The summed E-state index contributed by atoms with van der Waals surface area (Å²) in [6.45, 7) is 4.59. The zero-order valence-corrected chi connectivity index (χ0v) is 17.2. The number of hydrogen-bond donors (Lipinski definition) is 1. The van der Waals surface area contributed by atoms with Crippen LogP contribution in [-0.2, 0) is 19.6 Å². The fourth-order valence-electron chi connectivity index (χ4n) is 3.32. The van der Waals surface area contributed by atoms with Gasteiger partial charge in [-0.15, -0.1) is 0 Å². The highest BCUT2D eigenvalue weighted by Crippen LogP contribution is 2.27. The Morgan fingerprint density at radius 2 is 1.90 bits per heavy atom. The molecule has 3 rings (SSSR count). The number of carbonyl (C=O) groups excluding carboxylic acids is 2. The molecular weight excluding hydrogens is 392 g/mol. The zero-order chi connectivity index (χ0) is 21.0. The number of hydrogen-bond acceptors (Lipinski definition) is 5. The highest BCUT2D eigenvalue weighted by Gasteiger charge is 2.35. The molecule has 0 spiro atoms. The molecule has 154 valence electrons. The second kappa shape index (κ2) is 8.71. The largest absolute Gasteiger partial charge is 0.324 e. The maximum Gasteiger partial charge on any atom is 0.243 e. The molecule has 1 N–H and O–H groups in total. The van der Waals surface area contributed by atoms with Gasteiger partial charge in [0.2, 0.25) is 21.8 Å². The third-order valence-electron chi connectivity index (χ3n) is 4.92. The van der Waals surface area contributed by atoms with E-state index in [1.807, 2.05) is 0 Å². The molecule has 1 aliphatic rings. The first-order valence-corrected chi connectivity index (χ1v) is 10.9. The van der Waals surface area contributed by atoms with E-state index in [9.17, 15) is 18.0 Å². The van der Waals surface area contributed by atoms with Crippen LogP contribution in [0.5, 0.6) is 0 Å². The van der Waals surface area contributed by atoms with Crippen LogP contribution >= 0.6 is 0 Å². The Hall–Kier alpha value is -2.78. The van der Waals surface area contributed by atoms with E-state index in [1.54, 1.807) is 50.5 Å². The first kappa shape index (κ1) is 20.9. The average Bonchev–Trinajstić information content (AvgIpc) is 3.11. The predicted molar refractivity (Wildman–Crippen MR) is 110 cm³/mol. The number of aromatic nitrogens is 1. The summed E-state index contributed by atoms with van der Waals surface area (Å²) in [7, 11) is -3.55. The fourth-order valence-corrected chi connectivity index (χ4v) is 4.78. The van der Waals surface area contributed by atoms with Gasteiger partial charge < -0.3 is 10.2 Å². The van der Waals surface area contributed by atoms with Crippen LogP contribution in [0.2, 0.25) is 0 Å². The van der Waals surface area contributed by atoms with Crippen LogP contribution in [0.4, 0.5) is 11.4 Å². The number of nitrogens with zero attached hydrogens (tertiary/aromatic N) is 3. The summed E-state index contributed by atoms with van der Waals surface area (Å²) in [6, 6.07) is 9.66. The number of pyridine rings is 1. The molecule has 1 unspecified atom stereocenters. The topological polar surface area (TPSA) is 99.7 Å². The van der Waals surface area contributed by atoms with Crippen molar-refractivity contribution in [3.05, 3.63) is 48.8 Å². The molecule has 1 aromatic heterocycles. The molecule has 1 saturated heterocycles. The Morgan fingerprint density at radius 3 is 2.48 bits per heavy atom. The van der Waals surface area contributed by atoms with Crippen molar-refractivity contribution in [2.45, 2.75) is 25.2 Å². The molecular formula is C20H24N4O4S. The standard InChI is InChI=1S/C20H24N4O4S/c1-3-23(4-2)29(27,28)18-9-7-17(8-10-18)24-14-15(12-19(24)25)20(26)22-16-6-5-11-21-13-16/h5-11,13,15H,3-4,12,14H2,1-2H3,(H,22,26). The SMILES string of the molecule is CCN(CC)S(=O)(=O)c1ccc(N2CC(C(=O)Nc3cccnc3)CC2=O)cc1. The van der Waals surface area contributed by atoms with Gasteiger partial charge in [0.15, 0.2) is 0 Å². The quantitative estimate of drug-likeness (QED) is 0.745. The van der Waals surface area contributed by atoms with Crippen LogP contribution in [0, 0.1) is 5.92 Å².